The molecule has 0 bridgehead atoms. The summed E-state index contributed by atoms with van der Waals surface area (Å²) in [6.07, 6.45) is 2.82. The summed E-state index contributed by atoms with van der Waals surface area (Å²) in [6.45, 7) is 11.0. The van der Waals surface area contributed by atoms with E-state index >= 15 is 0 Å². The highest BCUT2D eigenvalue weighted by molar-refractivity contribution is 6.26. The highest BCUT2D eigenvalue weighted by Crippen LogP contribution is 2.49. The first-order valence-corrected chi connectivity index (χ1v) is 13.4. The fraction of sp³-hybridized carbons (Fsp3) is 0.667. The van der Waals surface area contributed by atoms with Crippen LogP contribution in [0.5, 0.6) is 0 Å². The number of esters is 1. The number of hydrogen-bond donors (Lipinski definition) is 0. The molecule has 8 heteroatoms. The van der Waals surface area contributed by atoms with Crippen molar-refractivity contribution in [2.24, 2.45) is 17.3 Å². The third-order valence-electron chi connectivity index (χ3n) is 4.99. The third kappa shape index (κ3) is 4.61. The van der Waals surface area contributed by atoms with Crippen LogP contribution in [0.1, 0.15) is 32.4 Å². The number of rotatable bonds is 9. The van der Waals surface area contributed by atoms with E-state index in [-0.39, 0.29) is 29.7 Å². The summed E-state index contributed by atoms with van der Waals surface area (Å²) in [6, 6.07) is 3.81. The lowest BCUT2D eigenvalue weighted by atomic mass is 9.70. The molecule has 0 spiro atoms. The van der Waals surface area contributed by atoms with Gasteiger partial charge in [0, 0.05) is 23.7 Å². The van der Waals surface area contributed by atoms with Gasteiger partial charge >= 0.3 is 5.97 Å². The molecule has 0 amide bonds. The van der Waals surface area contributed by atoms with E-state index < -0.39 is 25.4 Å². The quantitative estimate of drug-likeness (QED) is 0.358. The Morgan fingerprint density at radius 2 is 2.08 bits per heavy atom. The molecule has 1 saturated heterocycles. The van der Waals surface area contributed by atoms with Crippen LogP contribution in [0.2, 0.25) is 13.1 Å². The number of carbonyl (C=O) groups is 1. The Morgan fingerprint density at radius 3 is 2.62 bits per heavy atom. The van der Waals surface area contributed by atoms with E-state index in [0.717, 1.165) is 5.56 Å². The van der Waals surface area contributed by atoms with E-state index in [1.54, 1.807) is 12.4 Å². The van der Waals surface area contributed by atoms with E-state index in [1.165, 1.54) is 0 Å². The smallest absolute Gasteiger partial charge is 0.312 e. The SMILES string of the molecule is CCOC(=O)C1C(c2cccnc2)OCC1C(C)(C)C(O[SiH2]C)O[SiH2]C. The predicted molar refractivity (Wildman–Crippen MR) is 105 cm³/mol. The monoisotopic (exact) mass is 397 g/mol. The van der Waals surface area contributed by atoms with Crippen LogP contribution in [-0.2, 0) is 23.1 Å². The Labute approximate surface area is 160 Å². The molecule has 26 heavy (non-hydrogen) atoms. The first-order chi connectivity index (χ1) is 12.5. The summed E-state index contributed by atoms with van der Waals surface area (Å²) in [5.41, 5.74) is 0.539. The molecule has 0 N–H and O–H groups in total. The number of pyridine rings is 1. The van der Waals surface area contributed by atoms with Crippen LogP contribution in [0.25, 0.3) is 0 Å². The third-order valence-corrected chi connectivity index (χ3v) is 6.26. The molecule has 146 valence electrons. The van der Waals surface area contributed by atoms with Gasteiger partial charge in [-0.25, -0.2) is 0 Å². The number of nitrogens with zero attached hydrogens (tertiary/aromatic N) is 1. The molecule has 2 rings (SSSR count). The van der Waals surface area contributed by atoms with E-state index in [4.69, 9.17) is 18.3 Å². The van der Waals surface area contributed by atoms with E-state index in [0.29, 0.717) is 13.2 Å². The van der Waals surface area contributed by atoms with Gasteiger partial charge < -0.3 is 18.3 Å². The largest absolute Gasteiger partial charge is 0.466 e. The van der Waals surface area contributed by atoms with Gasteiger partial charge in [-0.15, -0.1) is 0 Å². The Morgan fingerprint density at radius 1 is 1.38 bits per heavy atom. The van der Waals surface area contributed by atoms with Gasteiger partial charge in [-0.05, 0) is 18.6 Å². The zero-order valence-electron chi connectivity index (χ0n) is 16.4. The summed E-state index contributed by atoms with van der Waals surface area (Å²) in [4.78, 5) is 17.0. The lowest BCUT2D eigenvalue weighted by molar-refractivity contribution is -0.157. The first kappa shape index (κ1) is 21.2. The second-order valence-electron chi connectivity index (χ2n) is 6.99. The van der Waals surface area contributed by atoms with Crippen LogP contribution in [0.3, 0.4) is 0 Å². The average molecular weight is 398 g/mol. The minimum Gasteiger partial charge on any atom is -0.466 e. The molecule has 1 fully saturated rings. The van der Waals surface area contributed by atoms with E-state index in [9.17, 15) is 4.79 Å². The van der Waals surface area contributed by atoms with E-state index in [2.05, 4.69) is 31.9 Å². The molecule has 2 heterocycles. The zero-order chi connectivity index (χ0) is 19.2. The van der Waals surface area contributed by atoms with Gasteiger partial charge in [-0.3, -0.25) is 9.78 Å². The molecule has 0 aliphatic carbocycles. The predicted octanol–water partition coefficient (Wildman–Crippen LogP) is 1.60. The molecule has 1 aliphatic rings. The molecule has 0 saturated carbocycles. The molecule has 3 unspecified atom stereocenters. The summed E-state index contributed by atoms with van der Waals surface area (Å²) in [5, 5.41) is 0. The summed E-state index contributed by atoms with van der Waals surface area (Å²) in [5.74, 6) is -0.683. The second kappa shape index (κ2) is 9.75. The van der Waals surface area contributed by atoms with Crippen LogP contribution in [0.15, 0.2) is 24.5 Å². The normalized spacial score (nSPS) is 25.3. The topological polar surface area (TPSA) is 66.9 Å². The minimum absolute atomic E-state index is 0.0575. The fourth-order valence-corrected chi connectivity index (χ4v) is 5.48. The van der Waals surface area contributed by atoms with Crippen molar-refractivity contribution in [2.45, 2.75) is 46.3 Å². The molecule has 1 aliphatic heterocycles. The van der Waals surface area contributed by atoms with Crippen molar-refractivity contribution in [3.8, 4) is 0 Å². The van der Waals surface area contributed by atoms with Gasteiger partial charge in [0.25, 0.3) is 0 Å². The summed E-state index contributed by atoms with van der Waals surface area (Å²) >= 11 is 0. The van der Waals surface area contributed by atoms with Crippen molar-refractivity contribution in [1.82, 2.24) is 4.98 Å². The maximum Gasteiger partial charge on any atom is 0.312 e. The summed E-state index contributed by atoms with van der Waals surface area (Å²) < 4.78 is 23.5. The second-order valence-corrected chi connectivity index (χ2v) is 8.81. The van der Waals surface area contributed by atoms with Crippen molar-refractivity contribution in [2.75, 3.05) is 13.2 Å². The fourth-order valence-electron chi connectivity index (χ4n) is 3.63. The molecule has 6 nitrogen and oxygen atoms in total. The highest BCUT2D eigenvalue weighted by atomic mass is 28.2. The Hall–Kier alpha value is -1.07. The number of ether oxygens (including phenoxy) is 2. The zero-order valence-corrected chi connectivity index (χ0v) is 19.3. The van der Waals surface area contributed by atoms with Crippen molar-refractivity contribution < 1.29 is 23.1 Å². The van der Waals surface area contributed by atoms with Crippen molar-refractivity contribution in [1.29, 1.82) is 0 Å². The molecule has 1 aromatic rings. The van der Waals surface area contributed by atoms with Crippen molar-refractivity contribution >= 4 is 25.5 Å². The van der Waals surface area contributed by atoms with Crippen LogP contribution in [0.4, 0.5) is 0 Å². The molecule has 0 aromatic carbocycles. The molecule has 0 radical (unpaired) electrons. The van der Waals surface area contributed by atoms with Crippen LogP contribution >= 0.6 is 0 Å². The van der Waals surface area contributed by atoms with E-state index in [1.807, 2.05) is 19.1 Å². The van der Waals surface area contributed by atoms with Crippen LogP contribution < -0.4 is 0 Å². The maximum atomic E-state index is 12.8. The molecular formula is C18H31NO5Si2. The first-order valence-electron chi connectivity index (χ1n) is 9.38. The Bertz CT molecular complexity index is 566. The number of hydrogen-bond acceptors (Lipinski definition) is 6. The minimum atomic E-state index is -0.640. The van der Waals surface area contributed by atoms with Crippen LogP contribution in [-0.4, -0.2) is 50.0 Å². The van der Waals surface area contributed by atoms with Gasteiger partial charge in [0.1, 0.15) is 6.29 Å². The average Bonchev–Trinajstić information content (AvgIpc) is 3.08. The van der Waals surface area contributed by atoms with Crippen molar-refractivity contribution in [3.63, 3.8) is 0 Å². The maximum absolute atomic E-state index is 12.8. The Kier molecular flexibility index (Phi) is 7.96. The van der Waals surface area contributed by atoms with Crippen LogP contribution in [0, 0.1) is 17.3 Å². The lowest BCUT2D eigenvalue weighted by Crippen LogP contribution is -2.46. The number of aromatic nitrogens is 1. The van der Waals surface area contributed by atoms with Gasteiger partial charge in [0.15, 0.2) is 19.5 Å². The lowest BCUT2D eigenvalue weighted by Gasteiger charge is -2.40. The molecular weight excluding hydrogens is 366 g/mol. The van der Waals surface area contributed by atoms with Gasteiger partial charge in [-0.2, -0.15) is 0 Å². The van der Waals surface area contributed by atoms with Gasteiger partial charge in [-0.1, -0.05) is 33.0 Å². The van der Waals surface area contributed by atoms with Gasteiger partial charge in [0.2, 0.25) is 0 Å². The Balaban J connectivity index is 2.34. The standard InChI is InChI=1S/C18H31NO5Si2/c1-6-21-16(20)14-13(18(2,3)17(23-25-4)24-26-5)11-22-15(14)12-8-7-9-19-10-12/h7-10,13-15,17H,6,11,25-26H2,1-5H3. The molecule has 3 atom stereocenters. The summed E-state index contributed by atoms with van der Waals surface area (Å²) in [7, 11) is -1.28. The highest BCUT2D eigenvalue weighted by Gasteiger charge is 2.53. The van der Waals surface area contributed by atoms with Gasteiger partial charge in [0.05, 0.1) is 25.2 Å². The number of carbonyl (C=O) groups excluding carboxylic acids is 1. The molecule has 1 aromatic heterocycles. The van der Waals surface area contributed by atoms with Crippen molar-refractivity contribution in [3.05, 3.63) is 30.1 Å².